The van der Waals surface area contributed by atoms with Crippen LogP contribution in [0.15, 0.2) is 22.7 Å². The number of hydrogen-bond acceptors (Lipinski definition) is 4. The Balaban J connectivity index is 1.72. The number of rotatable bonds is 8. The second kappa shape index (κ2) is 9.50. The van der Waals surface area contributed by atoms with Crippen LogP contribution in [0.1, 0.15) is 25.8 Å². The largest absolute Gasteiger partial charge is 0.491 e. The average molecular weight is 371 g/mol. The van der Waals surface area contributed by atoms with Gasteiger partial charge in [-0.2, -0.15) is 0 Å². The predicted octanol–water partition coefficient (Wildman–Crippen LogP) is 3.05. The number of halogens is 1. The number of morpholine rings is 1. The number of nitrogens with zero attached hydrogens (tertiary/aromatic N) is 1. The Morgan fingerprint density at radius 2 is 2.09 bits per heavy atom. The van der Waals surface area contributed by atoms with Crippen LogP contribution < -0.4 is 10.1 Å². The minimum atomic E-state index is 0.196. The van der Waals surface area contributed by atoms with Crippen molar-refractivity contribution in [2.45, 2.75) is 32.9 Å². The van der Waals surface area contributed by atoms with Gasteiger partial charge < -0.3 is 14.8 Å². The second-order valence-electron chi connectivity index (χ2n) is 5.90. The lowest BCUT2D eigenvalue weighted by molar-refractivity contribution is 0.0374. The predicted molar refractivity (Wildman–Crippen MR) is 93.5 cm³/mol. The Labute approximate surface area is 142 Å². The summed E-state index contributed by atoms with van der Waals surface area (Å²) in [6.07, 6.45) is 1.36. The van der Waals surface area contributed by atoms with Crippen molar-refractivity contribution in [1.82, 2.24) is 10.2 Å². The van der Waals surface area contributed by atoms with E-state index < -0.39 is 0 Å². The molecule has 22 heavy (non-hydrogen) atoms. The quantitative estimate of drug-likeness (QED) is 0.713. The molecule has 0 spiro atoms. The van der Waals surface area contributed by atoms with Gasteiger partial charge in [-0.1, -0.05) is 15.9 Å². The molecule has 0 aromatic heterocycles. The van der Waals surface area contributed by atoms with Crippen molar-refractivity contribution in [1.29, 1.82) is 0 Å². The molecule has 0 bridgehead atoms. The highest BCUT2D eigenvalue weighted by molar-refractivity contribution is 9.10. The summed E-state index contributed by atoms with van der Waals surface area (Å²) in [6.45, 7) is 11.0. The zero-order valence-electron chi connectivity index (χ0n) is 13.6. The first kappa shape index (κ1) is 17.7. The molecule has 0 amide bonds. The van der Waals surface area contributed by atoms with Crippen LogP contribution in [0.4, 0.5) is 0 Å². The summed E-state index contributed by atoms with van der Waals surface area (Å²) < 4.78 is 12.3. The fraction of sp³-hybridized carbons (Fsp3) is 0.647. The van der Waals surface area contributed by atoms with Crippen LogP contribution in [0.3, 0.4) is 0 Å². The summed E-state index contributed by atoms with van der Waals surface area (Å²) in [5, 5.41) is 3.52. The molecule has 0 aliphatic carbocycles. The lowest BCUT2D eigenvalue weighted by Crippen LogP contribution is -2.37. The maximum Gasteiger partial charge on any atom is 0.124 e. The van der Waals surface area contributed by atoms with E-state index in [2.05, 4.69) is 46.1 Å². The summed E-state index contributed by atoms with van der Waals surface area (Å²) in [5.74, 6) is 0.971. The lowest BCUT2D eigenvalue weighted by atomic mass is 10.2. The highest BCUT2D eigenvalue weighted by atomic mass is 79.9. The molecule has 1 heterocycles. The number of hydrogen-bond donors (Lipinski definition) is 1. The molecule has 1 saturated heterocycles. The van der Waals surface area contributed by atoms with Crippen LogP contribution in [0.25, 0.3) is 0 Å². The van der Waals surface area contributed by atoms with E-state index in [4.69, 9.17) is 9.47 Å². The van der Waals surface area contributed by atoms with Crippen molar-refractivity contribution in [3.05, 3.63) is 28.2 Å². The molecule has 1 fully saturated rings. The molecule has 1 aromatic rings. The Bertz CT molecular complexity index is 448. The molecule has 2 rings (SSSR count). The van der Waals surface area contributed by atoms with Crippen LogP contribution in [-0.2, 0) is 11.3 Å². The maximum atomic E-state index is 5.87. The van der Waals surface area contributed by atoms with Crippen LogP contribution >= 0.6 is 15.9 Å². The van der Waals surface area contributed by atoms with Crippen molar-refractivity contribution < 1.29 is 9.47 Å². The second-order valence-corrected chi connectivity index (χ2v) is 6.82. The molecule has 5 heteroatoms. The van der Waals surface area contributed by atoms with Crippen molar-refractivity contribution in [2.75, 3.05) is 39.4 Å². The third kappa shape index (κ3) is 6.24. The van der Waals surface area contributed by atoms with Gasteiger partial charge in [0.05, 0.1) is 19.3 Å². The van der Waals surface area contributed by atoms with Gasteiger partial charge in [0.25, 0.3) is 0 Å². The highest BCUT2D eigenvalue weighted by Crippen LogP contribution is 2.24. The Morgan fingerprint density at radius 3 is 2.82 bits per heavy atom. The molecule has 1 aliphatic heterocycles. The Kier molecular flexibility index (Phi) is 7.66. The molecule has 0 radical (unpaired) electrons. The van der Waals surface area contributed by atoms with E-state index in [9.17, 15) is 0 Å². The van der Waals surface area contributed by atoms with Crippen LogP contribution in [0.2, 0.25) is 0 Å². The van der Waals surface area contributed by atoms with E-state index in [1.165, 1.54) is 5.56 Å². The number of ether oxygens (including phenoxy) is 2. The van der Waals surface area contributed by atoms with E-state index >= 15 is 0 Å². The maximum absolute atomic E-state index is 5.87. The van der Waals surface area contributed by atoms with Gasteiger partial charge in [-0.3, -0.25) is 4.90 Å². The molecule has 124 valence electrons. The highest BCUT2D eigenvalue weighted by Gasteiger charge is 2.09. The van der Waals surface area contributed by atoms with Crippen LogP contribution in [0.5, 0.6) is 5.75 Å². The van der Waals surface area contributed by atoms with Crippen LogP contribution in [0, 0.1) is 0 Å². The molecule has 4 nitrogen and oxygen atoms in total. The summed E-state index contributed by atoms with van der Waals surface area (Å²) in [7, 11) is 0. The molecule has 0 unspecified atom stereocenters. The van der Waals surface area contributed by atoms with Crippen molar-refractivity contribution in [3.8, 4) is 5.75 Å². The standard InChI is InChI=1S/C17H27BrN2O2/c1-14(2)22-17-5-4-16(18)12-15(17)13-19-6-3-7-20-8-10-21-11-9-20/h4-5,12,14,19H,3,6-11,13H2,1-2H3. The first-order chi connectivity index (χ1) is 10.6. The smallest absolute Gasteiger partial charge is 0.124 e. The zero-order chi connectivity index (χ0) is 15.8. The van der Waals surface area contributed by atoms with E-state index in [1.807, 2.05) is 12.1 Å². The lowest BCUT2D eigenvalue weighted by Gasteiger charge is -2.26. The molecule has 0 saturated carbocycles. The number of nitrogens with one attached hydrogen (secondary N) is 1. The fourth-order valence-corrected chi connectivity index (χ4v) is 2.94. The molecule has 1 N–H and O–H groups in total. The molecular weight excluding hydrogens is 344 g/mol. The first-order valence-corrected chi connectivity index (χ1v) is 8.90. The SMILES string of the molecule is CC(C)Oc1ccc(Br)cc1CNCCCN1CCOCC1. The van der Waals surface area contributed by atoms with Crippen molar-refractivity contribution in [3.63, 3.8) is 0 Å². The Morgan fingerprint density at radius 1 is 1.32 bits per heavy atom. The monoisotopic (exact) mass is 370 g/mol. The summed E-state index contributed by atoms with van der Waals surface area (Å²) in [5.41, 5.74) is 1.20. The minimum Gasteiger partial charge on any atom is -0.491 e. The molecule has 1 aromatic carbocycles. The number of benzene rings is 1. The van der Waals surface area contributed by atoms with Crippen molar-refractivity contribution >= 4 is 15.9 Å². The fourth-order valence-electron chi connectivity index (χ4n) is 2.53. The zero-order valence-corrected chi connectivity index (χ0v) is 15.2. The van der Waals surface area contributed by atoms with E-state index in [-0.39, 0.29) is 6.10 Å². The summed E-state index contributed by atoms with van der Waals surface area (Å²) in [4.78, 5) is 2.47. The van der Waals surface area contributed by atoms with Gasteiger partial charge in [0.15, 0.2) is 0 Å². The molecule has 1 aliphatic rings. The minimum absolute atomic E-state index is 0.196. The third-order valence-electron chi connectivity index (χ3n) is 3.63. The Hall–Kier alpha value is -0.620. The van der Waals surface area contributed by atoms with Gasteiger partial charge in [0.1, 0.15) is 5.75 Å². The van der Waals surface area contributed by atoms with E-state index in [1.54, 1.807) is 0 Å². The molecular formula is C17H27BrN2O2. The topological polar surface area (TPSA) is 33.7 Å². The first-order valence-electron chi connectivity index (χ1n) is 8.11. The van der Waals surface area contributed by atoms with Crippen LogP contribution in [-0.4, -0.2) is 50.4 Å². The van der Waals surface area contributed by atoms with E-state index in [0.717, 1.165) is 62.6 Å². The van der Waals surface area contributed by atoms with Gasteiger partial charge in [-0.05, 0) is 51.6 Å². The van der Waals surface area contributed by atoms with Crippen molar-refractivity contribution in [2.24, 2.45) is 0 Å². The van der Waals surface area contributed by atoms with Gasteiger partial charge in [-0.15, -0.1) is 0 Å². The average Bonchev–Trinajstić information content (AvgIpc) is 2.50. The third-order valence-corrected chi connectivity index (χ3v) is 4.13. The van der Waals surface area contributed by atoms with E-state index in [0.29, 0.717) is 0 Å². The summed E-state index contributed by atoms with van der Waals surface area (Å²) >= 11 is 3.54. The van der Waals surface area contributed by atoms with Gasteiger partial charge in [0, 0.05) is 29.7 Å². The molecule has 0 atom stereocenters. The summed E-state index contributed by atoms with van der Waals surface area (Å²) in [6, 6.07) is 6.20. The van der Waals surface area contributed by atoms with Gasteiger partial charge in [-0.25, -0.2) is 0 Å². The van der Waals surface area contributed by atoms with Gasteiger partial charge >= 0.3 is 0 Å². The van der Waals surface area contributed by atoms with Gasteiger partial charge in [0.2, 0.25) is 0 Å². The normalized spacial score (nSPS) is 16.2.